The molecule has 3 N–H and O–H groups in total. The third-order valence-corrected chi connectivity index (χ3v) is 2.37. The minimum Gasteiger partial charge on any atom is -0.392 e. The zero-order valence-electron chi connectivity index (χ0n) is 9.78. The Balaban J connectivity index is 2.66. The summed E-state index contributed by atoms with van der Waals surface area (Å²) < 4.78 is 13.6. The number of benzene rings is 1. The molecule has 0 heterocycles. The number of nitrogens with two attached hydrogens (primary N) is 1. The molecule has 0 aromatic heterocycles. The van der Waals surface area contributed by atoms with Crippen LogP contribution in [-0.2, 0) is 13.1 Å². The first-order chi connectivity index (χ1) is 7.52. The van der Waals surface area contributed by atoms with Crippen molar-refractivity contribution in [2.45, 2.75) is 26.1 Å². The lowest BCUT2D eigenvalue weighted by Gasteiger charge is -2.18. The van der Waals surface area contributed by atoms with E-state index in [1.807, 2.05) is 18.0 Å². The van der Waals surface area contributed by atoms with Crippen molar-refractivity contribution < 1.29 is 9.50 Å². The zero-order chi connectivity index (χ0) is 12.1. The molecular formula is C12H19FN2O. The summed E-state index contributed by atoms with van der Waals surface area (Å²) in [5.74, 6) is -0.236. The first-order valence-electron chi connectivity index (χ1n) is 5.37. The predicted octanol–water partition coefficient (Wildman–Crippen LogP) is 1.10. The quantitative estimate of drug-likeness (QED) is 0.790. The molecule has 16 heavy (non-hydrogen) atoms. The minimum atomic E-state index is -0.406. The number of hydrogen-bond acceptors (Lipinski definition) is 3. The molecule has 0 aliphatic rings. The van der Waals surface area contributed by atoms with E-state index in [4.69, 9.17) is 5.73 Å². The van der Waals surface area contributed by atoms with Crippen LogP contribution in [0.5, 0.6) is 0 Å². The SMILES string of the molecule is CC(O)CN(C)Cc1ccc(CN)cc1F. The van der Waals surface area contributed by atoms with Gasteiger partial charge < -0.3 is 10.8 Å². The highest BCUT2D eigenvalue weighted by atomic mass is 19.1. The average Bonchev–Trinajstić information content (AvgIpc) is 2.19. The van der Waals surface area contributed by atoms with Gasteiger partial charge in [-0.15, -0.1) is 0 Å². The first-order valence-corrected chi connectivity index (χ1v) is 5.37. The molecular weight excluding hydrogens is 207 g/mol. The van der Waals surface area contributed by atoms with E-state index in [0.29, 0.717) is 25.2 Å². The van der Waals surface area contributed by atoms with Crippen molar-refractivity contribution in [1.82, 2.24) is 4.90 Å². The molecule has 90 valence electrons. The van der Waals surface area contributed by atoms with Gasteiger partial charge in [-0.1, -0.05) is 12.1 Å². The van der Waals surface area contributed by atoms with Crippen LogP contribution < -0.4 is 5.73 Å². The summed E-state index contributed by atoms with van der Waals surface area (Å²) in [4.78, 5) is 1.88. The first kappa shape index (κ1) is 13.1. The Morgan fingerprint density at radius 3 is 2.69 bits per heavy atom. The number of likely N-dealkylation sites (N-methyl/N-ethyl adjacent to an activating group) is 1. The van der Waals surface area contributed by atoms with Crippen LogP contribution in [0.15, 0.2) is 18.2 Å². The van der Waals surface area contributed by atoms with Crippen LogP contribution in [-0.4, -0.2) is 29.7 Å². The smallest absolute Gasteiger partial charge is 0.128 e. The molecule has 1 unspecified atom stereocenters. The van der Waals surface area contributed by atoms with E-state index in [9.17, 15) is 9.50 Å². The summed E-state index contributed by atoms with van der Waals surface area (Å²) in [7, 11) is 1.85. The van der Waals surface area contributed by atoms with Gasteiger partial charge >= 0.3 is 0 Å². The van der Waals surface area contributed by atoms with E-state index in [1.165, 1.54) is 6.07 Å². The van der Waals surface area contributed by atoms with Crippen LogP contribution in [0.3, 0.4) is 0 Å². The van der Waals surface area contributed by atoms with Crippen LogP contribution in [0, 0.1) is 5.82 Å². The summed E-state index contributed by atoms with van der Waals surface area (Å²) in [6.45, 7) is 3.07. The molecule has 0 aliphatic heterocycles. The van der Waals surface area contributed by atoms with Crippen LogP contribution in [0.2, 0.25) is 0 Å². The molecule has 0 aliphatic carbocycles. The van der Waals surface area contributed by atoms with Crippen molar-refractivity contribution in [3.63, 3.8) is 0 Å². The number of hydrogen-bond donors (Lipinski definition) is 2. The fourth-order valence-corrected chi connectivity index (χ4v) is 1.65. The van der Waals surface area contributed by atoms with Gasteiger partial charge in [-0.05, 0) is 25.6 Å². The lowest BCUT2D eigenvalue weighted by Crippen LogP contribution is -2.27. The molecule has 0 spiro atoms. The van der Waals surface area contributed by atoms with Crippen molar-refractivity contribution in [1.29, 1.82) is 0 Å². The fourth-order valence-electron chi connectivity index (χ4n) is 1.65. The Morgan fingerprint density at radius 2 is 2.19 bits per heavy atom. The van der Waals surface area contributed by atoms with Crippen LogP contribution in [0.25, 0.3) is 0 Å². The van der Waals surface area contributed by atoms with Gasteiger partial charge in [0.15, 0.2) is 0 Å². The number of aliphatic hydroxyl groups excluding tert-OH is 1. The van der Waals surface area contributed by atoms with Crippen LogP contribution >= 0.6 is 0 Å². The van der Waals surface area contributed by atoms with Gasteiger partial charge in [-0.2, -0.15) is 0 Å². The molecule has 4 heteroatoms. The van der Waals surface area contributed by atoms with Crippen molar-refractivity contribution in [2.75, 3.05) is 13.6 Å². The molecule has 1 aromatic carbocycles. The van der Waals surface area contributed by atoms with Crippen molar-refractivity contribution in [3.05, 3.63) is 35.1 Å². The third-order valence-electron chi connectivity index (χ3n) is 2.37. The third kappa shape index (κ3) is 3.89. The molecule has 0 radical (unpaired) electrons. The van der Waals surface area contributed by atoms with Gasteiger partial charge in [0.25, 0.3) is 0 Å². The highest BCUT2D eigenvalue weighted by Crippen LogP contribution is 2.12. The minimum absolute atomic E-state index is 0.236. The summed E-state index contributed by atoms with van der Waals surface area (Å²) in [6, 6.07) is 5.04. The normalized spacial score (nSPS) is 13.1. The summed E-state index contributed by atoms with van der Waals surface area (Å²) >= 11 is 0. The van der Waals surface area contributed by atoms with Crippen LogP contribution in [0.4, 0.5) is 4.39 Å². The van der Waals surface area contributed by atoms with Gasteiger partial charge in [0.1, 0.15) is 5.82 Å². The number of nitrogens with zero attached hydrogens (tertiary/aromatic N) is 1. The van der Waals surface area contributed by atoms with Gasteiger partial charge in [0.2, 0.25) is 0 Å². The Bertz CT molecular complexity index is 342. The van der Waals surface area contributed by atoms with E-state index in [2.05, 4.69) is 0 Å². The Hall–Kier alpha value is -0.970. The second-order valence-electron chi connectivity index (χ2n) is 4.18. The van der Waals surface area contributed by atoms with Crippen molar-refractivity contribution >= 4 is 0 Å². The van der Waals surface area contributed by atoms with Crippen molar-refractivity contribution in [3.8, 4) is 0 Å². The summed E-state index contributed by atoms with van der Waals surface area (Å²) in [6.07, 6.45) is -0.406. The lowest BCUT2D eigenvalue weighted by molar-refractivity contribution is 0.137. The summed E-state index contributed by atoms with van der Waals surface area (Å²) in [5.41, 5.74) is 6.84. The lowest BCUT2D eigenvalue weighted by atomic mass is 10.1. The van der Waals surface area contributed by atoms with Gasteiger partial charge in [0, 0.05) is 25.2 Å². The highest BCUT2D eigenvalue weighted by molar-refractivity contribution is 5.24. The maximum absolute atomic E-state index is 13.6. The average molecular weight is 226 g/mol. The van der Waals surface area contributed by atoms with Gasteiger partial charge in [-0.25, -0.2) is 4.39 Å². The zero-order valence-corrected chi connectivity index (χ0v) is 9.78. The second-order valence-corrected chi connectivity index (χ2v) is 4.18. The standard InChI is InChI=1S/C12H19FN2O/c1-9(16)7-15(2)8-11-4-3-10(6-14)5-12(11)13/h3-5,9,16H,6-8,14H2,1-2H3. The van der Waals surface area contributed by atoms with Crippen LogP contribution in [0.1, 0.15) is 18.1 Å². The highest BCUT2D eigenvalue weighted by Gasteiger charge is 2.08. The largest absolute Gasteiger partial charge is 0.392 e. The Morgan fingerprint density at radius 1 is 1.50 bits per heavy atom. The van der Waals surface area contributed by atoms with Gasteiger partial charge in [-0.3, -0.25) is 4.90 Å². The molecule has 0 fully saturated rings. The second kappa shape index (κ2) is 5.94. The molecule has 0 saturated heterocycles. The topological polar surface area (TPSA) is 49.5 Å². The van der Waals surface area contributed by atoms with E-state index >= 15 is 0 Å². The molecule has 1 aromatic rings. The molecule has 0 bridgehead atoms. The molecule has 0 amide bonds. The summed E-state index contributed by atoms with van der Waals surface area (Å²) in [5, 5.41) is 9.20. The molecule has 1 atom stereocenters. The number of rotatable bonds is 5. The molecule has 0 saturated carbocycles. The van der Waals surface area contributed by atoms with E-state index < -0.39 is 6.10 Å². The maximum Gasteiger partial charge on any atom is 0.128 e. The Labute approximate surface area is 95.7 Å². The molecule has 3 nitrogen and oxygen atoms in total. The van der Waals surface area contributed by atoms with Gasteiger partial charge in [0.05, 0.1) is 6.10 Å². The molecule has 1 rings (SSSR count). The maximum atomic E-state index is 13.6. The number of halogens is 1. The van der Waals surface area contributed by atoms with E-state index in [1.54, 1.807) is 13.0 Å². The van der Waals surface area contributed by atoms with E-state index in [0.717, 1.165) is 5.56 Å². The van der Waals surface area contributed by atoms with E-state index in [-0.39, 0.29) is 5.82 Å². The monoisotopic (exact) mass is 226 g/mol. The van der Waals surface area contributed by atoms with Crippen molar-refractivity contribution in [2.24, 2.45) is 5.73 Å². The number of aliphatic hydroxyl groups is 1. The predicted molar refractivity (Wildman–Crippen MR) is 62.3 cm³/mol. The fraction of sp³-hybridized carbons (Fsp3) is 0.500. The Kier molecular flexibility index (Phi) is 4.86.